The third kappa shape index (κ3) is 6.81. The first-order valence-electron chi connectivity index (χ1n) is 12.8. The topological polar surface area (TPSA) is 112 Å². The number of hydrogen-bond donors (Lipinski definition) is 2. The van der Waals surface area contributed by atoms with Gasteiger partial charge in [-0.1, -0.05) is 30.3 Å². The van der Waals surface area contributed by atoms with Crippen LogP contribution in [0.15, 0.2) is 54.6 Å². The number of carbonyl (C=O) groups is 3. The van der Waals surface area contributed by atoms with Gasteiger partial charge in [-0.3, -0.25) is 19.4 Å². The molecule has 10 heteroatoms. The fraction of sp³-hybridized carbons (Fsp3) is 0.464. The standard InChI is InChI=1S/C28H36N4O6/c1-21(33)31-14-13-30(18-28(36,19-31)20-38-23-7-5-4-6-8-23)17-22-9-11-24(12-10-22)37-16-15-32-25(34)27(2,3)29-26(32)35/h4-12,36H,13-20H2,1-3H3,(H,29,35)/t28-/m1/s1. The van der Waals surface area contributed by atoms with E-state index in [0.29, 0.717) is 37.7 Å². The van der Waals surface area contributed by atoms with Crippen LogP contribution in [0, 0.1) is 0 Å². The van der Waals surface area contributed by atoms with E-state index < -0.39 is 17.2 Å². The van der Waals surface area contributed by atoms with E-state index in [2.05, 4.69) is 10.2 Å². The summed E-state index contributed by atoms with van der Waals surface area (Å²) in [5.41, 5.74) is -1.10. The number of urea groups is 1. The van der Waals surface area contributed by atoms with E-state index in [4.69, 9.17) is 9.47 Å². The van der Waals surface area contributed by atoms with Gasteiger partial charge in [-0.05, 0) is 43.7 Å². The van der Waals surface area contributed by atoms with Gasteiger partial charge >= 0.3 is 6.03 Å². The van der Waals surface area contributed by atoms with Crippen molar-refractivity contribution < 1.29 is 29.0 Å². The van der Waals surface area contributed by atoms with Crippen LogP contribution in [-0.4, -0.2) is 94.7 Å². The van der Waals surface area contributed by atoms with Crippen LogP contribution in [0.25, 0.3) is 0 Å². The van der Waals surface area contributed by atoms with Gasteiger partial charge < -0.3 is 24.8 Å². The molecule has 0 bridgehead atoms. The summed E-state index contributed by atoms with van der Waals surface area (Å²) in [5, 5.41) is 14.1. The zero-order chi connectivity index (χ0) is 27.3. The summed E-state index contributed by atoms with van der Waals surface area (Å²) in [6, 6.07) is 16.5. The van der Waals surface area contributed by atoms with Gasteiger partial charge in [0.1, 0.15) is 35.9 Å². The van der Waals surface area contributed by atoms with Crippen LogP contribution in [0.1, 0.15) is 26.3 Å². The van der Waals surface area contributed by atoms with E-state index in [1.54, 1.807) is 18.7 Å². The van der Waals surface area contributed by atoms with Crippen LogP contribution < -0.4 is 14.8 Å². The average Bonchev–Trinajstić information content (AvgIpc) is 2.99. The van der Waals surface area contributed by atoms with E-state index in [1.807, 2.05) is 54.6 Å². The molecule has 2 aromatic carbocycles. The molecular formula is C28H36N4O6. The lowest BCUT2D eigenvalue weighted by Gasteiger charge is -2.32. The number of imide groups is 1. The minimum atomic E-state index is -1.23. The van der Waals surface area contributed by atoms with E-state index in [1.165, 1.54) is 11.8 Å². The predicted octanol–water partition coefficient (Wildman–Crippen LogP) is 1.87. The minimum absolute atomic E-state index is 0.0683. The number of hydrogen-bond acceptors (Lipinski definition) is 7. The molecule has 204 valence electrons. The van der Waals surface area contributed by atoms with Crippen molar-refractivity contribution in [2.24, 2.45) is 0 Å². The van der Waals surface area contributed by atoms with Crippen molar-refractivity contribution in [1.29, 1.82) is 0 Å². The molecule has 4 amide bonds. The van der Waals surface area contributed by atoms with E-state index in [9.17, 15) is 19.5 Å². The van der Waals surface area contributed by atoms with E-state index >= 15 is 0 Å². The molecule has 2 aromatic rings. The summed E-state index contributed by atoms with van der Waals surface area (Å²) < 4.78 is 11.6. The number of para-hydroxylation sites is 1. The quantitative estimate of drug-likeness (QED) is 0.482. The Balaban J connectivity index is 1.33. The van der Waals surface area contributed by atoms with Gasteiger partial charge in [0.05, 0.1) is 13.1 Å². The number of aliphatic hydroxyl groups is 1. The lowest BCUT2D eigenvalue weighted by Crippen LogP contribution is -2.51. The second-order valence-corrected chi connectivity index (χ2v) is 10.5. The summed E-state index contributed by atoms with van der Waals surface area (Å²) in [6.45, 7) is 7.55. The summed E-state index contributed by atoms with van der Waals surface area (Å²) in [7, 11) is 0. The highest BCUT2D eigenvalue weighted by molar-refractivity contribution is 6.06. The molecule has 2 N–H and O–H groups in total. The van der Waals surface area contributed by atoms with E-state index in [-0.39, 0.29) is 38.1 Å². The first-order valence-corrected chi connectivity index (χ1v) is 12.8. The molecule has 2 aliphatic rings. The van der Waals surface area contributed by atoms with Crippen molar-refractivity contribution in [3.63, 3.8) is 0 Å². The Labute approximate surface area is 223 Å². The van der Waals surface area contributed by atoms with Gasteiger partial charge in [-0.25, -0.2) is 4.79 Å². The van der Waals surface area contributed by atoms with Crippen molar-refractivity contribution >= 4 is 17.8 Å². The van der Waals surface area contributed by atoms with Crippen molar-refractivity contribution in [1.82, 2.24) is 20.0 Å². The molecule has 0 radical (unpaired) electrons. The van der Waals surface area contributed by atoms with Crippen molar-refractivity contribution in [2.45, 2.75) is 38.5 Å². The van der Waals surface area contributed by atoms with Crippen LogP contribution in [0.2, 0.25) is 0 Å². The third-order valence-corrected chi connectivity index (χ3v) is 6.74. The fourth-order valence-corrected chi connectivity index (χ4v) is 4.70. The largest absolute Gasteiger partial charge is 0.492 e. The molecule has 0 spiro atoms. The molecule has 38 heavy (non-hydrogen) atoms. The number of amides is 4. The molecule has 0 aromatic heterocycles. The van der Waals surface area contributed by atoms with Gasteiger partial charge in [0, 0.05) is 33.1 Å². The van der Waals surface area contributed by atoms with Crippen LogP contribution >= 0.6 is 0 Å². The monoisotopic (exact) mass is 524 g/mol. The smallest absolute Gasteiger partial charge is 0.325 e. The minimum Gasteiger partial charge on any atom is -0.492 e. The number of rotatable bonds is 9. The van der Waals surface area contributed by atoms with Crippen LogP contribution in [-0.2, 0) is 16.1 Å². The highest BCUT2D eigenvalue weighted by Crippen LogP contribution is 2.21. The zero-order valence-electron chi connectivity index (χ0n) is 22.2. The summed E-state index contributed by atoms with van der Waals surface area (Å²) in [6.07, 6.45) is 0. The number of nitrogens with one attached hydrogen (secondary N) is 1. The lowest BCUT2D eigenvalue weighted by atomic mass is 10.0. The maximum atomic E-state index is 12.3. The van der Waals surface area contributed by atoms with Gasteiger partial charge in [0.2, 0.25) is 5.91 Å². The molecule has 0 aliphatic carbocycles. The molecule has 4 rings (SSSR count). The molecule has 2 fully saturated rings. The number of ether oxygens (including phenoxy) is 2. The molecule has 2 heterocycles. The van der Waals surface area contributed by atoms with Crippen LogP contribution in [0.4, 0.5) is 4.79 Å². The van der Waals surface area contributed by atoms with E-state index in [0.717, 1.165) is 5.56 Å². The van der Waals surface area contributed by atoms with Crippen molar-refractivity contribution in [3.8, 4) is 11.5 Å². The molecule has 10 nitrogen and oxygen atoms in total. The average molecular weight is 525 g/mol. The number of benzene rings is 2. The second-order valence-electron chi connectivity index (χ2n) is 10.5. The Morgan fingerprint density at radius 3 is 2.29 bits per heavy atom. The van der Waals surface area contributed by atoms with Gasteiger partial charge in [-0.2, -0.15) is 0 Å². The Morgan fingerprint density at radius 2 is 1.66 bits per heavy atom. The number of nitrogens with zero attached hydrogens (tertiary/aromatic N) is 3. The maximum Gasteiger partial charge on any atom is 0.325 e. The first-order chi connectivity index (χ1) is 18.0. The summed E-state index contributed by atoms with van der Waals surface area (Å²) in [4.78, 5) is 41.4. The normalized spacial score (nSPS) is 21.7. The highest BCUT2D eigenvalue weighted by atomic mass is 16.5. The molecule has 1 atom stereocenters. The van der Waals surface area contributed by atoms with Crippen molar-refractivity contribution in [3.05, 3.63) is 60.2 Å². The Morgan fingerprint density at radius 1 is 0.974 bits per heavy atom. The number of β-amino-alcohol motifs (C(OH)–C–C–N with tert-alkyl or cyclic N) is 1. The Bertz CT molecular complexity index is 1140. The summed E-state index contributed by atoms with van der Waals surface area (Å²) >= 11 is 0. The molecule has 0 saturated carbocycles. The van der Waals surface area contributed by atoms with Gasteiger partial charge in [-0.15, -0.1) is 0 Å². The van der Waals surface area contributed by atoms with Gasteiger partial charge in [0.15, 0.2) is 0 Å². The Kier molecular flexibility index (Phi) is 8.23. The van der Waals surface area contributed by atoms with Crippen LogP contribution in [0.3, 0.4) is 0 Å². The third-order valence-electron chi connectivity index (χ3n) is 6.74. The number of carbonyl (C=O) groups excluding carboxylic acids is 3. The Hall–Kier alpha value is -3.63. The fourth-order valence-electron chi connectivity index (χ4n) is 4.70. The second kappa shape index (κ2) is 11.4. The molecule has 2 aliphatic heterocycles. The summed E-state index contributed by atoms with van der Waals surface area (Å²) in [5.74, 6) is 0.950. The molecule has 0 unspecified atom stereocenters. The molecule has 2 saturated heterocycles. The SMILES string of the molecule is CC(=O)N1CCN(Cc2ccc(OCCN3C(=O)NC(C)(C)C3=O)cc2)C[C@](O)(COc2ccccc2)C1. The highest BCUT2D eigenvalue weighted by Gasteiger charge is 2.44. The predicted molar refractivity (Wildman–Crippen MR) is 141 cm³/mol. The molecular weight excluding hydrogens is 488 g/mol. The van der Waals surface area contributed by atoms with Crippen molar-refractivity contribution in [2.75, 3.05) is 45.9 Å². The maximum absolute atomic E-state index is 12.3. The lowest BCUT2D eigenvalue weighted by molar-refractivity contribution is -0.132. The first kappa shape index (κ1) is 27.4. The van der Waals surface area contributed by atoms with Gasteiger partial charge in [0.25, 0.3) is 5.91 Å². The zero-order valence-corrected chi connectivity index (χ0v) is 22.2. The van der Waals surface area contributed by atoms with Crippen LogP contribution in [0.5, 0.6) is 11.5 Å².